The Balaban J connectivity index is 2.89. The number of anilines is 1. The summed E-state index contributed by atoms with van der Waals surface area (Å²) in [5.41, 5.74) is 7.82. The van der Waals surface area contributed by atoms with E-state index < -0.39 is 10.0 Å². The van der Waals surface area contributed by atoms with Crippen molar-refractivity contribution in [2.45, 2.75) is 45.1 Å². The van der Waals surface area contributed by atoms with Gasteiger partial charge in [0.1, 0.15) is 0 Å². The molecule has 4 nitrogen and oxygen atoms in total. The van der Waals surface area contributed by atoms with Gasteiger partial charge in [-0.15, -0.1) is 0 Å². The van der Waals surface area contributed by atoms with Gasteiger partial charge in [0.15, 0.2) is 0 Å². The zero-order chi connectivity index (χ0) is 15.3. The molecule has 0 aliphatic carbocycles. The molecular formula is C14H24N2O2S2. The molecule has 0 aromatic heterocycles. The van der Waals surface area contributed by atoms with E-state index in [0.717, 1.165) is 23.5 Å². The third-order valence-corrected chi connectivity index (χ3v) is 5.74. The first-order valence-corrected chi connectivity index (χ1v) is 9.38. The minimum absolute atomic E-state index is 0.0832. The Morgan fingerprint density at radius 1 is 1.35 bits per heavy atom. The summed E-state index contributed by atoms with van der Waals surface area (Å²) in [6.07, 6.45) is 0.818. The fraction of sp³-hybridized carbons (Fsp3) is 0.571. The van der Waals surface area contributed by atoms with Crippen molar-refractivity contribution in [1.29, 1.82) is 0 Å². The number of hydrogen-bond acceptors (Lipinski definition) is 4. The van der Waals surface area contributed by atoms with Crippen molar-refractivity contribution in [3.8, 4) is 0 Å². The Hall–Kier alpha value is -0.720. The molecule has 0 amide bonds. The van der Waals surface area contributed by atoms with Crippen molar-refractivity contribution in [3.63, 3.8) is 0 Å². The summed E-state index contributed by atoms with van der Waals surface area (Å²) in [6, 6.07) is 3.37. The highest BCUT2D eigenvalue weighted by Crippen LogP contribution is 2.23. The first-order chi connectivity index (χ1) is 9.27. The number of thioether (sulfide) groups is 1. The quantitative estimate of drug-likeness (QED) is 0.599. The third kappa shape index (κ3) is 4.68. The van der Waals surface area contributed by atoms with Gasteiger partial charge in [0, 0.05) is 11.7 Å². The molecule has 114 valence electrons. The van der Waals surface area contributed by atoms with Gasteiger partial charge in [-0.3, -0.25) is 0 Å². The molecule has 0 heterocycles. The number of sulfonamides is 1. The fourth-order valence-electron chi connectivity index (χ4n) is 1.92. The first-order valence-electron chi connectivity index (χ1n) is 6.74. The summed E-state index contributed by atoms with van der Waals surface area (Å²) in [4.78, 5) is 0.282. The summed E-state index contributed by atoms with van der Waals surface area (Å²) >= 11 is 1.81. The van der Waals surface area contributed by atoms with Gasteiger partial charge in [0.05, 0.1) is 4.90 Å². The molecule has 20 heavy (non-hydrogen) atoms. The van der Waals surface area contributed by atoms with E-state index in [1.54, 1.807) is 19.1 Å². The SMILES string of the molecule is CCSCCC(C)NS(=O)(=O)c1cc(C)cc(N)c1C. The third-order valence-electron chi connectivity index (χ3n) is 3.09. The molecule has 0 radical (unpaired) electrons. The topological polar surface area (TPSA) is 72.2 Å². The van der Waals surface area contributed by atoms with Crippen LogP contribution in [0, 0.1) is 13.8 Å². The molecular weight excluding hydrogens is 292 g/mol. The predicted octanol–water partition coefficient (Wildman–Crippen LogP) is 2.70. The second kappa shape index (κ2) is 7.33. The summed E-state index contributed by atoms with van der Waals surface area (Å²) in [5, 5.41) is 0. The molecule has 0 saturated carbocycles. The van der Waals surface area contributed by atoms with Gasteiger partial charge in [0.25, 0.3) is 0 Å². The molecule has 0 spiro atoms. The second-order valence-electron chi connectivity index (χ2n) is 4.99. The zero-order valence-corrected chi connectivity index (χ0v) is 14.2. The number of aryl methyl sites for hydroxylation is 1. The van der Waals surface area contributed by atoms with Gasteiger partial charge in [-0.1, -0.05) is 6.92 Å². The van der Waals surface area contributed by atoms with Crippen LogP contribution in [0.2, 0.25) is 0 Å². The van der Waals surface area contributed by atoms with E-state index in [1.165, 1.54) is 0 Å². The molecule has 0 bridgehead atoms. The minimum Gasteiger partial charge on any atom is -0.398 e. The van der Waals surface area contributed by atoms with Crippen molar-refractivity contribution in [2.75, 3.05) is 17.2 Å². The summed E-state index contributed by atoms with van der Waals surface area (Å²) in [5.74, 6) is 2.00. The summed E-state index contributed by atoms with van der Waals surface area (Å²) < 4.78 is 27.6. The Morgan fingerprint density at radius 2 is 2.00 bits per heavy atom. The van der Waals surface area contributed by atoms with Crippen LogP contribution in [0.1, 0.15) is 31.4 Å². The van der Waals surface area contributed by atoms with E-state index in [0.29, 0.717) is 11.3 Å². The normalized spacial score (nSPS) is 13.4. The molecule has 3 N–H and O–H groups in total. The average Bonchev–Trinajstić information content (AvgIpc) is 2.33. The Bertz CT molecular complexity index is 557. The zero-order valence-electron chi connectivity index (χ0n) is 12.6. The van der Waals surface area contributed by atoms with Crippen molar-refractivity contribution in [3.05, 3.63) is 23.3 Å². The van der Waals surface area contributed by atoms with Gasteiger partial charge in [-0.05, 0) is 62.0 Å². The van der Waals surface area contributed by atoms with Crippen LogP contribution in [0.3, 0.4) is 0 Å². The number of nitrogens with two attached hydrogens (primary N) is 1. The molecule has 0 aliphatic rings. The van der Waals surface area contributed by atoms with Crippen LogP contribution in [-0.4, -0.2) is 26.0 Å². The molecule has 1 unspecified atom stereocenters. The van der Waals surface area contributed by atoms with Gasteiger partial charge in [0.2, 0.25) is 10.0 Å². The molecule has 1 aromatic rings. The molecule has 1 aromatic carbocycles. The molecule has 6 heteroatoms. The summed E-state index contributed by atoms with van der Waals surface area (Å²) in [7, 11) is -3.51. The number of benzene rings is 1. The van der Waals surface area contributed by atoms with Crippen molar-refractivity contribution >= 4 is 27.5 Å². The summed E-state index contributed by atoms with van der Waals surface area (Å²) in [6.45, 7) is 7.57. The molecule has 0 fully saturated rings. The smallest absolute Gasteiger partial charge is 0.241 e. The number of rotatable bonds is 7. The van der Waals surface area contributed by atoms with Crippen LogP contribution in [0.5, 0.6) is 0 Å². The van der Waals surface area contributed by atoms with Gasteiger partial charge < -0.3 is 5.73 Å². The van der Waals surface area contributed by atoms with Crippen LogP contribution in [-0.2, 0) is 10.0 Å². The monoisotopic (exact) mass is 316 g/mol. The van der Waals surface area contributed by atoms with Crippen LogP contribution in [0.4, 0.5) is 5.69 Å². The van der Waals surface area contributed by atoms with Crippen LogP contribution in [0.25, 0.3) is 0 Å². The average molecular weight is 316 g/mol. The van der Waals surface area contributed by atoms with E-state index in [1.807, 2.05) is 25.6 Å². The Morgan fingerprint density at radius 3 is 2.60 bits per heavy atom. The lowest BCUT2D eigenvalue weighted by molar-refractivity contribution is 0.556. The molecule has 0 aliphatic heterocycles. The number of nitrogen functional groups attached to an aromatic ring is 1. The second-order valence-corrected chi connectivity index (χ2v) is 8.06. The van der Waals surface area contributed by atoms with Crippen molar-refractivity contribution in [2.24, 2.45) is 0 Å². The predicted molar refractivity (Wildman–Crippen MR) is 87.7 cm³/mol. The standard InChI is InChI=1S/C14H24N2O2S2/c1-5-19-7-6-11(3)16-20(17,18)14-9-10(2)8-13(15)12(14)4/h8-9,11,16H,5-7,15H2,1-4H3. The van der Waals surface area contributed by atoms with E-state index in [2.05, 4.69) is 11.6 Å². The first kappa shape index (κ1) is 17.3. The van der Waals surface area contributed by atoms with Crippen LogP contribution >= 0.6 is 11.8 Å². The Kier molecular flexibility index (Phi) is 6.36. The number of nitrogens with one attached hydrogen (secondary N) is 1. The highest BCUT2D eigenvalue weighted by atomic mass is 32.2. The molecule has 1 rings (SSSR count). The van der Waals surface area contributed by atoms with E-state index in [4.69, 9.17) is 5.73 Å². The lowest BCUT2D eigenvalue weighted by atomic mass is 10.1. The van der Waals surface area contributed by atoms with Gasteiger partial charge >= 0.3 is 0 Å². The maximum absolute atomic E-state index is 12.4. The van der Waals surface area contributed by atoms with Crippen molar-refractivity contribution in [1.82, 2.24) is 4.72 Å². The van der Waals surface area contributed by atoms with E-state index >= 15 is 0 Å². The van der Waals surface area contributed by atoms with E-state index in [9.17, 15) is 8.42 Å². The maximum atomic E-state index is 12.4. The van der Waals surface area contributed by atoms with E-state index in [-0.39, 0.29) is 10.9 Å². The fourth-order valence-corrected chi connectivity index (χ4v) is 4.37. The highest BCUT2D eigenvalue weighted by Gasteiger charge is 2.20. The molecule has 0 saturated heterocycles. The van der Waals surface area contributed by atoms with Gasteiger partial charge in [-0.25, -0.2) is 13.1 Å². The lowest BCUT2D eigenvalue weighted by Crippen LogP contribution is -2.33. The minimum atomic E-state index is -3.51. The number of hydrogen-bond donors (Lipinski definition) is 2. The van der Waals surface area contributed by atoms with Crippen LogP contribution in [0.15, 0.2) is 17.0 Å². The van der Waals surface area contributed by atoms with Crippen molar-refractivity contribution < 1.29 is 8.42 Å². The highest BCUT2D eigenvalue weighted by molar-refractivity contribution is 7.99. The lowest BCUT2D eigenvalue weighted by Gasteiger charge is -2.16. The maximum Gasteiger partial charge on any atom is 0.241 e. The Labute approximate surface area is 126 Å². The van der Waals surface area contributed by atoms with Gasteiger partial charge in [-0.2, -0.15) is 11.8 Å². The largest absolute Gasteiger partial charge is 0.398 e. The van der Waals surface area contributed by atoms with Crippen LogP contribution < -0.4 is 10.5 Å². The molecule has 1 atom stereocenters.